The summed E-state index contributed by atoms with van der Waals surface area (Å²) in [5.41, 5.74) is 2.84. The van der Waals surface area contributed by atoms with Gasteiger partial charge in [0.1, 0.15) is 0 Å². The number of pyridine rings is 1. The summed E-state index contributed by atoms with van der Waals surface area (Å²) in [4.78, 5) is 30.9. The summed E-state index contributed by atoms with van der Waals surface area (Å²) in [7, 11) is 0. The number of likely N-dealkylation sites (tertiary alicyclic amines) is 1. The molecular weight excluding hydrogens is 517 g/mol. The largest absolute Gasteiger partial charge is 0.489 e. The molecular formula is C26H37Cl2N5O4. The van der Waals surface area contributed by atoms with Crippen LogP contribution >= 0.6 is 24.8 Å². The van der Waals surface area contributed by atoms with Crippen molar-refractivity contribution in [2.75, 3.05) is 31.6 Å². The van der Waals surface area contributed by atoms with Crippen molar-refractivity contribution in [2.24, 2.45) is 0 Å². The number of carbonyl (C=O) groups is 2. The van der Waals surface area contributed by atoms with Gasteiger partial charge in [-0.3, -0.25) is 9.59 Å². The Morgan fingerprint density at radius 2 is 1.89 bits per heavy atom. The molecule has 2 amide bonds. The fourth-order valence-corrected chi connectivity index (χ4v) is 4.74. The number of nitrogens with one attached hydrogen (secondary N) is 3. The zero-order valence-electron chi connectivity index (χ0n) is 21.2. The Bertz CT molecular complexity index is 1050. The molecule has 2 aliphatic heterocycles. The van der Waals surface area contributed by atoms with E-state index in [-0.39, 0.29) is 55.3 Å². The summed E-state index contributed by atoms with van der Waals surface area (Å²) < 4.78 is 5.83. The number of piperidine rings is 1. The van der Waals surface area contributed by atoms with E-state index in [2.05, 4.69) is 33.1 Å². The molecule has 0 saturated carbocycles. The highest BCUT2D eigenvalue weighted by Crippen LogP contribution is 2.29. The van der Waals surface area contributed by atoms with Crippen LogP contribution in [0.3, 0.4) is 0 Å². The van der Waals surface area contributed by atoms with Crippen LogP contribution in [-0.4, -0.2) is 71.2 Å². The number of carbonyl (C=O) groups excluding carboxylic acids is 2. The summed E-state index contributed by atoms with van der Waals surface area (Å²) >= 11 is 0. The molecule has 1 aromatic heterocycles. The normalized spacial score (nSPS) is 17.9. The zero-order valence-corrected chi connectivity index (χ0v) is 22.9. The molecule has 0 radical (unpaired) electrons. The fourth-order valence-electron chi connectivity index (χ4n) is 4.74. The van der Waals surface area contributed by atoms with Crippen LogP contribution in [0.5, 0.6) is 5.75 Å². The lowest BCUT2D eigenvalue weighted by Gasteiger charge is -2.32. The predicted molar refractivity (Wildman–Crippen MR) is 148 cm³/mol. The fraction of sp³-hybridized carbons (Fsp3) is 0.500. The topological polar surface area (TPSA) is 116 Å². The van der Waals surface area contributed by atoms with E-state index in [0.29, 0.717) is 49.8 Å². The highest BCUT2D eigenvalue weighted by Gasteiger charge is 2.27. The number of halogens is 2. The van der Waals surface area contributed by atoms with Crippen molar-refractivity contribution in [3.05, 3.63) is 53.2 Å². The van der Waals surface area contributed by atoms with Crippen LogP contribution in [0.15, 0.2) is 36.5 Å². The van der Waals surface area contributed by atoms with Gasteiger partial charge in [0.05, 0.1) is 18.3 Å². The molecule has 9 nitrogen and oxygen atoms in total. The van der Waals surface area contributed by atoms with E-state index in [0.717, 1.165) is 12.8 Å². The Balaban J connectivity index is 0.00000241. The molecule has 37 heavy (non-hydrogen) atoms. The van der Waals surface area contributed by atoms with Gasteiger partial charge < -0.3 is 30.7 Å². The van der Waals surface area contributed by atoms with Gasteiger partial charge in [0, 0.05) is 51.4 Å². The Hall–Kier alpha value is -2.59. The first kappa shape index (κ1) is 30.6. The van der Waals surface area contributed by atoms with Gasteiger partial charge >= 0.3 is 0 Å². The van der Waals surface area contributed by atoms with Crippen molar-refractivity contribution in [2.45, 2.75) is 57.8 Å². The summed E-state index contributed by atoms with van der Waals surface area (Å²) in [6.45, 7) is 6.04. The Kier molecular flexibility index (Phi) is 11.9. The number of ether oxygens (including phenoxy) is 1. The molecule has 204 valence electrons. The van der Waals surface area contributed by atoms with Gasteiger partial charge in [-0.05, 0) is 43.4 Å². The minimum Gasteiger partial charge on any atom is -0.489 e. The average molecular weight is 555 g/mol. The number of aliphatic hydroxyl groups is 1. The van der Waals surface area contributed by atoms with Gasteiger partial charge in [-0.15, -0.1) is 24.8 Å². The van der Waals surface area contributed by atoms with E-state index in [9.17, 15) is 14.7 Å². The number of fused-ring (bicyclic) bond motifs is 1. The average Bonchev–Trinajstić information content (AvgIpc) is 2.88. The quantitative estimate of drug-likeness (QED) is 0.397. The first-order valence-electron chi connectivity index (χ1n) is 12.4. The molecule has 0 aliphatic carbocycles. The molecule has 1 saturated heterocycles. The summed E-state index contributed by atoms with van der Waals surface area (Å²) in [6.07, 6.45) is 3.16. The molecule has 2 aromatic rings. The lowest BCUT2D eigenvalue weighted by Crippen LogP contribution is -2.49. The Morgan fingerprint density at radius 1 is 1.19 bits per heavy atom. The minimum absolute atomic E-state index is 0. The number of hydrogen-bond donors (Lipinski definition) is 4. The van der Waals surface area contributed by atoms with Gasteiger partial charge in [-0.1, -0.05) is 24.3 Å². The Morgan fingerprint density at radius 3 is 2.57 bits per heavy atom. The maximum Gasteiger partial charge on any atom is 0.255 e. The standard InChI is InChI=1S/C26H35N5O4.2ClH/c1-3-35-24-21(8-11-27-25(24)30-20-9-12-31(13-10-20)17(2)32)26(34)29-16-23(33)22-14-18-6-4-5-7-19(18)15-28-22;;/h4-8,11,20,22-23,28,33H,3,9-10,12-16H2,1-2H3,(H,27,30)(H,29,34);2*1H/t22-,23?;;/m0../s1. The van der Waals surface area contributed by atoms with E-state index < -0.39 is 6.10 Å². The van der Waals surface area contributed by atoms with Crippen LogP contribution in [-0.2, 0) is 17.8 Å². The summed E-state index contributed by atoms with van der Waals surface area (Å²) in [5, 5.41) is 20.4. The lowest BCUT2D eigenvalue weighted by atomic mass is 9.93. The predicted octanol–water partition coefficient (Wildman–Crippen LogP) is 2.55. The summed E-state index contributed by atoms with van der Waals surface area (Å²) in [5.74, 6) is 0.693. The molecule has 2 atom stereocenters. The first-order valence-corrected chi connectivity index (χ1v) is 12.4. The number of rotatable bonds is 8. The van der Waals surface area contributed by atoms with Crippen LogP contribution in [0, 0.1) is 0 Å². The van der Waals surface area contributed by atoms with E-state index >= 15 is 0 Å². The second-order valence-electron chi connectivity index (χ2n) is 9.13. The zero-order chi connectivity index (χ0) is 24.8. The smallest absolute Gasteiger partial charge is 0.255 e. The van der Waals surface area contributed by atoms with Crippen LogP contribution < -0.4 is 20.7 Å². The lowest BCUT2D eigenvalue weighted by molar-refractivity contribution is -0.129. The van der Waals surface area contributed by atoms with Crippen LogP contribution in [0.4, 0.5) is 5.82 Å². The molecule has 3 heterocycles. The van der Waals surface area contributed by atoms with Crippen molar-refractivity contribution >= 4 is 42.4 Å². The van der Waals surface area contributed by atoms with E-state index in [1.165, 1.54) is 11.1 Å². The number of anilines is 1. The van der Waals surface area contributed by atoms with Gasteiger partial charge in [0.15, 0.2) is 11.6 Å². The number of aliphatic hydroxyl groups excluding tert-OH is 1. The molecule has 1 fully saturated rings. The monoisotopic (exact) mass is 553 g/mol. The van der Waals surface area contributed by atoms with E-state index in [1.807, 2.05) is 24.0 Å². The summed E-state index contributed by atoms with van der Waals surface area (Å²) in [6, 6.07) is 9.82. The second kappa shape index (κ2) is 14.4. The number of benzene rings is 1. The third-order valence-corrected chi connectivity index (χ3v) is 6.77. The Labute approximate surface area is 230 Å². The first-order chi connectivity index (χ1) is 17.0. The van der Waals surface area contributed by atoms with Crippen molar-refractivity contribution in [1.29, 1.82) is 0 Å². The highest BCUT2D eigenvalue weighted by atomic mass is 35.5. The molecule has 2 aliphatic rings. The van der Waals surface area contributed by atoms with E-state index in [1.54, 1.807) is 19.2 Å². The number of hydrogen-bond acceptors (Lipinski definition) is 7. The van der Waals surface area contributed by atoms with Crippen LogP contribution in [0.2, 0.25) is 0 Å². The van der Waals surface area contributed by atoms with Crippen molar-refractivity contribution in [1.82, 2.24) is 20.5 Å². The third-order valence-electron chi connectivity index (χ3n) is 6.77. The van der Waals surface area contributed by atoms with Crippen LogP contribution in [0.1, 0.15) is 48.2 Å². The maximum absolute atomic E-state index is 13.1. The van der Waals surface area contributed by atoms with Gasteiger partial charge in [0.25, 0.3) is 5.91 Å². The van der Waals surface area contributed by atoms with Crippen LogP contribution in [0.25, 0.3) is 0 Å². The number of nitrogens with zero attached hydrogens (tertiary/aromatic N) is 2. The van der Waals surface area contributed by atoms with Crippen molar-refractivity contribution in [3.8, 4) is 5.75 Å². The molecule has 4 rings (SSSR count). The molecule has 1 unspecified atom stereocenters. The SMILES string of the molecule is CCOc1c(C(=O)NCC(O)[C@@H]2Cc3ccccc3CN2)ccnc1NC1CCN(C(C)=O)CC1.Cl.Cl. The molecule has 1 aromatic carbocycles. The minimum atomic E-state index is -0.728. The van der Waals surface area contributed by atoms with Gasteiger partial charge in [-0.25, -0.2) is 4.98 Å². The van der Waals surface area contributed by atoms with Gasteiger partial charge in [0.2, 0.25) is 5.91 Å². The van der Waals surface area contributed by atoms with Crippen molar-refractivity contribution < 1.29 is 19.4 Å². The van der Waals surface area contributed by atoms with Crippen molar-refractivity contribution in [3.63, 3.8) is 0 Å². The third kappa shape index (κ3) is 7.70. The molecule has 0 bridgehead atoms. The molecule has 0 spiro atoms. The van der Waals surface area contributed by atoms with Gasteiger partial charge in [-0.2, -0.15) is 0 Å². The molecule has 11 heteroatoms. The number of amides is 2. The number of aromatic nitrogens is 1. The highest BCUT2D eigenvalue weighted by molar-refractivity contribution is 5.98. The van der Waals surface area contributed by atoms with E-state index in [4.69, 9.17) is 4.74 Å². The maximum atomic E-state index is 13.1. The molecule has 4 N–H and O–H groups in total. The second-order valence-corrected chi connectivity index (χ2v) is 9.13.